The largest absolute Gasteiger partial charge is 0.377 e. The third kappa shape index (κ3) is 5.30. The van der Waals surface area contributed by atoms with Crippen LogP contribution in [0.15, 0.2) is 55.0 Å². The third-order valence-corrected chi connectivity index (χ3v) is 8.61. The lowest BCUT2D eigenvalue weighted by atomic mass is 9.92. The number of morpholine rings is 1. The van der Waals surface area contributed by atoms with E-state index in [-0.39, 0.29) is 11.4 Å². The second-order valence-corrected chi connectivity index (χ2v) is 12.0. The van der Waals surface area contributed by atoms with Crippen LogP contribution < -0.4 is 16.0 Å². The standard InChI is InChI=1S/C31H36N8O2/c1-31(32)10-2-12-38(18-31)15-20-9-11-33-27(13-20)30(40)36-22-5-3-21(4-6-22)26-14-25-28(37-26)34-19-35-29(25)39-23-7-8-24(39)17-41-16-23/h3-6,9,11,13-14,19,23-24H,2,7-8,10,12,15-18,32H2,1H3,(H,36,40)(H,34,35,37)/t23?,24?,31-/m1/s1. The number of nitrogens with two attached hydrogens (primary N) is 1. The number of anilines is 2. The molecule has 3 aliphatic rings. The Kier molecular flexibility index (Phi) is 6.69. The van der Waals surface area contributed by atoms with Crippen LogP contribution in [0.25, 0.3) is 22.3 Å². The van der Waals surface area contributed by atoms with E-state index in [9.17, 15) is 4.79 Å². The van der Waals surface area contributed by atoms with Gasteiger partial charge in [0.05, 0.1) is 30.7 Å². The Morgan fingerprint density at radius 1 is 1.12 bits per heavy atom. The number of carbonyl (C=O) groups is 1. The summed E-state index contributed by atoms with van der Waals surface area (Å²) in [5.74, 6) is 0.747. The lowest BCUT2D eigenvalue weighted by Crippen LogP contribution is -2.51. The summed E-state index contributed by atoms with van der Waals surface area (Å²) in [5.41, 5.74) is 11.2. The monoisotopic (exact) mass is 552 g/mol. The Labute approximate surface area is 239 Å². The lowest BCUT2D eigenvalue weighted by Gasteiger charge is -2.37. The van der Waals surface area contributed by atoms with Crippen LogP contribution in [0.4, 0.5) is 11.5 Å². The molecule has 7 rings (SSSR count). The molecular weight excluding hydrogens is 516 g/mol. The molecule has 0 aliphatic carbocycles. The number of H-pyrrole nitrogens is 1. The molecule has 3 aromatic heterocycles. The average molecular weight is 553 g/mol. The maximum Gasteiger partial charge on any atom is 0.274 e. The number of hydrogen-bond acceptors (Lipinski definition) is 8. The fourth-order valence-electron chi connectivity index (χ4n) is 6.66. The lowest BCUT2D eigenvalue weighted by molar-refractivity contribution is 0.0904. The van der Waals surface area contributed by atoms with Gasteiger partial charge in [0.25, 0.3) is 5.91 Å². The van der Waals surface area contributed by atoms with Crippen LogP contribution in [0.2, 0.25) is 0 Å². The first-order valence-corrected chi connectivity index (χ1v) is 14.5. The number of aromatic nitrogens is 4. The molecule has 10 heteroatoms. The molecular formula is C31H36N8O2. The van der Waals surface area contributed by atoms with E-state index in [1.807, 2.05) is 36.4 Å². The molecule has 1 aromatic carbocycles. The summed E-state index contributed by atoms with van der Waals surface area (Å²) in [7, 11) is 0. The Hall–Kier alpha value is -3.86. The molecule has 212 valence electrons. The number of rotatable bonds is 6. The highest BCUT2D eigenvalue weighted by Crippen LogP contribution is 2.37. The summed E-state index contributed by atoms with van der Waals surface area (Å²) in [6.07, 6.45) is 7.73. The fraction of sp³-hybridized carbons (Fsp3) is 0.419. The van der Waals surface area contributed by atoms with Crippen molar-refractivity contribution in [1.82, 2.24) is 24.8 Å². The first-order chi connectivity index (χ1) is 19.9. The van der Waals surface area contributed by atoms with Crippen molar-refractivity contribution < 1.29 is 9.53 Å². The number of ether oxygens (including phenoxy) is 1. The number of nitrogens with zero attached hydrogens (tertiary/aromatic N) is 5. The van der Waals surface area contributed by atoms with Gasteiger partial charge in [-0.1, -0.05) is 12.1 Å². The zero-order valence-electron chi connectivity index (χ0n) is 23.3. The highest BCUT2D eigenvalue weighted by atomic mass is 16.5. The molecule has 3 aliphatic heterocycles. The summed E-state index contributed by atoms with van der Waals surface area (Å²) in [6.45, 7) is 6.22. The number of piperidine rings is 1. The van der Waals surface area contributed by atoms with Crippen molar-refractivity contribution in [2.45, 2.75) is 56.8 Å². The van der Waals surface area contributed by atoms with Crippen LogP contribution in [0.3, 0.4) is 0 Å². The molecule has 2 bridgehead atoms. The number of likely N-dealkylation sites (tertiary alicyclic amines) is 1. The average Bonchev–Trinajstić information content (AvgIpc) is 3.50. The van der Waals surface area contributed by atoms with Gasteiger partial charge in [-0.05, 0) is 80.6 Å². The van der Waals surface area contributed by atoms with Gasteiger partial charge in [0.2, 0.25) is 0 Å². The maximum absolute atomic E-state index is 13.0. The van der Waals surface area contributed by atoms with E-state index in [2.05, 4.69) is 48.0 Å². The number of amides is 1. The van der Waals surface area contributed by atoms with Crippen molar-refractivity contribution in [3.8, 4) is 11.3 Å². The summed E-state index contributed by atoms with van der Waals surface area (Å²) >= 11 is 0. The zero-order valence-corrected chi connectivity index (χ0v) is 23.3. The molecule has 4 N–H and O–H groups in total. The van der Waals surface area contributed by atoms with Crippen LogP contribution in [-0.2, 0) is 11.3 Å². The van der Waals surface area contributed by atoms with Gasteiger partial charge in [0, 0.05) is 36.2 Å². The molecule has 1 amide bonds. The van der Waals surface area contributed by atoms with Crippen LogP contribution in [0, 0.1) is 0 Å². The molecule has 2 unspecified atom stereocenters. The molecule has 41 heavy (non-hydrogen) atoms. The predicted octanol–water partition coefficient (Wildman–Crippen LogP) is 3.95. The topological polar surface area (TPSA) is 125 Å². The van der Waals surface area contributed by atoms with Crippen molar-refractivity contribution in [2.24, 2.45) is 5.73 Å². The molecule has 0 radical (unpaired) electrons. The Balaban J connectivity index is 1.05. The third-order valence-electron chi connectivity index (χ3n) is 8.61. The minimum absolute atomic E-state index is 0.164. The van der Waals surface area contributed by atoms with E-state index in [0.717, 1.165) is 92.2 Å². The molecule has 0 spiro atoms. The summed E-state index contributed by atoms with van der Waals surface area (Å²) in [4.78, 5) is 34.8. The smallest absolute Gasteiger partial charge is 0.274 e. The van der Waals surface area contributed by atoms with Gasteiger partial charge in [-0.25, -0.2) is 9.97 Å². The van der Waals surface area contributed by atoms with E-state index >= 15 is 0 Å². The summed E-state index contributed by atoms with van der Waals surface area (Å²) in [5, 5.41) is 4.01. The quantitative estimate of drug-likeness (QED) is 0.328. The SMILES string of the molecule is C[C@@]1(N)CCCN(Cc2ccnc(C(=O)Nc3ccc(-c4cc5c(N6C7CCC6COC7)ncnc5[nH]4)cc3)c2)C1. The van der Waals surface area contributed by atoms with Crippen molar-refractivity contribution in [2.75, 3.05) is 36.5 Å². The Bertz CT molecular complexity index is 1550. The fourth-order valence-corrected chi connectivity index (χ4v) is 6.66. The van der Waals surface area contributed by atoms with Gasteiger partial charge in [0.15, 0.2) is 0 Å². The predicted molar refractivity (Wildman–Crippen MR) is 159 cm³/mol. The number of hydrogen-bond donors (Lipinski definition) is 3. The Morgan fingerprint density at radius 2 is 1.93 bits per heavy atom. The first kappa shape index (κ1) is 26.1. The van der Waals surface area contributed by atoms with E-state index < -0.39 is 0 Å². The van der Waals surface area contributed by atoms with Gasteiger partial charge in [-0.3, -0.25) is 14.7 Å². The van der Waals surface area contributed by atoms with E-state index in [0.29, 0.717) is 23.5 Å². The number of fused-ring (bicyclic) bond motifs is 3. The van der Waals surface area contributed by atoms with E-state index in [1.165, 1.54) is 0 Å². The van der Waals surface area contributed by atoms with Crippen LogP contribution >= 0.6 is 0 Å². The minimum atomic E-state index is -0.229. The molecule has 10 nitrogen and oxygen atoms in total. The van der Waals surface area contributed by atoms with E-state index in [1.54, 1.807) is 12.5 Å². The molecule has 0 saturated carbocycles. The van der Waals surface area contributed by atoms with Crippen LogP contribution in [0.1, 0.15) is 48.7 Å². The number of aromatic amines is 1. The zero-order chi connectivity index (χ0) is 28.0. The molecule has 6 heterocycles. The molecule has 4 aromatic rings. The molecule has 3 atom stereocenters. The van der Waals surface area contributed by atoms with Gasteiger partial charge in [0.1, 0.15) is 23.5 Å². The van der Waals surface area contributed by atoms with Crippen LogP contribution in [-0.4, -0.2) is 74.7 Å². The normalized spacial score (nSPS) is 24.6. The summed E-state index contributed by atoms with van der Waals surface area (Å²) < 4.78 is 5.77. The van der Waals surface area contributed by atoms with Crippen molar-refractivity contribution >= 4 is 28.4 Å². The number of nitrogens with one attached hydrogen (secondary N) is 2. The molecule has 3 saturated heterocycles. The minimum Gasteiger partial charge on any atom is -0.377 e. The van der Waals surface area contributed by atoms with Crippen molar-refractivity contribution in [1.29, 1.82) is 0 Å². The van der Waals surface area contributed by atoms with Gasteiger partial charge in [-0.2, -0.15) is 0 Å². The second kappa shape index (κ2) is 10.5. The van der Waals surface area contributed by atoms with Gasteiger partial charge in [-0.15, -0.1) is 0 Å². The van der Waals surface area contributed by atoms with Gasteiger partial charge < -0.3 is 25.7 Å². The highest BCUT2D eigenvalue weighted by Gasteiger charge is 2.39. The van der Waals surface area contributed by atoms with Gasteiger partial charge >= 0.3 is 0 Å². The summed E-state index contributed by atoms with van der Waals surface area (Å²) in [6, 6.07) is 14.5. The first-order valence-electron chi connectivity index (χ1n) is 14.5. The van der Waals surface area contributed by atoms with Crippen molar-refractivity contribution in [3.05, 3.63) is 66.2 Å². The number of carbonyl (C=O) groups excluding carboxylic acids is 1. The van der Waals surface area contributed by atoms with Crippen LogP contribution in [0.5, 0.6) is 0 Å². The van der Waals surface area contributed by atoms with Crippen molar-refractivity contribution in [3.63, 3.8) is 0 Å². The highest BCUT2D eigenvalue weighted by molar-refractivity contribution is 6.03. The molecule has 3 fully saturated rings. The van der Waals surface area contributed by atoms with E-state index in [4.69, 9.17) is 10.5 Å². The second-order valence-electron chi connectivity index (χ2n) is 12.0. The number of benzene rings is 1. The number of pyridine rings is 1. The Morgan fingerprint density at radius 3 is 2.71 bits per heavy atom. The maximum atomic E-state index is 13.0.